The van der Waals surface area contributed by atoms with E-state index < -0.39 is 0 Å². The summed E-state index contributed by atoms with van der Waals surface area (Å²) in [5.41, 5.74) is 5.04. The summed E-state index contributed by atoms with van der Waals surface area (Å²) >= 11 is 0. The van der Waals surface area contributed by atoms with E-state index in [9.17, 15) is 5.11 Å². The van der Waals surface area contributed by atoms with E-state index in [0.29, 0.717) is 12.4 Å². The molecule has 6 heteroatoms. The molecule has 1 unspecified atom stereocenters. The van der Waals surface area contributed by atoms with Crippen molar-refractivity contribution in [3.63, 3.8) is 0 Å². The zero-order valence-corrected chi connectivity index (χ0v) is 15.1. The second-order valence-electron chi connectivity index (χ2n) is 5.85. The fourth-order valence-electron chi connectivity index (χ4n) is 3.05. The summed E-state index contributed by atoms with van der Waals surface area (Å²) in [5.74, 6) is 0.690. The third-order valence-corrected chi connectivity index (χ3v) is 4.21. The van der Waals surface area contributed by atoms with Gasteiger partial charge in [0.05, 0.1) is 38.6 Å². The van der Waals surface area contributed by atoms with E-state index in [1.807, 2.05) is 29.8 Å². The highest BCUT2D eigenvalue weighted by molar-refractivity contribution is 5.52. The summed E-state index contributed by atoms with van der Waals surface area (Å²) in [7, 11) is 3.30. The number of benzene rings is 1. The third-order valence-electron chi connectivity index (χ3n) is 4.21. The Hall–Kier alpha value is -2.05. The monoisotopic (exact) mass is 333 g/mol. The largest absolute Gasteiger partial charge is 0.496 e. The molecule has 1 aromatic heterocycles. The zero-order valence-electron chi connectivity index (χ0n) is 15.1. The number of ether oxygens (including phenoxy) is 2. The van der Waals surface area contributed by atoms with Gasteiger partial charge >= 0.3 is 0 Å². The maximum absolute atomic E-state index is 9.47. The number of aromatic nitrogens is 2. The lowest BCUT2D eigenvalue weighted by molar-refractivity contribution is 0.182. The van der Waals surface area contributed by atoms with E-state index >= 15 is 0 Å². The quantitative estimate of drug-likeness (QED) is 0.777. The van der Waals surface area contributed by atoms with Crippen molar-refractivity contribution in [1.82, 2.24) is 9.78 Å². The molecule has 0 bridgehead atoms. The van der Waals surface area contributed by atoms with Gasteiger partial charge in [0.15, 0.2) is 0 Å². The van der Waals surface area contributed by atoms with Gasteiger partial charge in [-0.3, -0.25) is 4.68 Å². The Morgan fingerprint density at radius 1 is 1.29 bits per heavy atom. The predicted octanol–water partition coefficient (Wildman–Crippen LogP) is 2.82. The summed E-state index contributed by atoms with van der Waals surface area (Å²) in [5, 5.41) is 17.6. The molecule has 1 heterocycles. The average molecular weight is 333 g/mol. The molecule has 0 aliphatic rings. The summed E-state index contributed by atoms with van der Waals surface area (Å²) in [4.78, 5) is 0. The molecule has 0 amide bonds. The highest BCUT2D eigenvalue weighted by atomic mass is 16.5. The van der Waals surface area contributed by atoms with Crippen LogP contribution in [0.5, 0.6) is 5.75 Å². The number of aryl methyl sites for hydroxylation is 1. The molecule has 24 heavy (non-hydrogen) atoms. The summed E-state index contributed by atoms with van der Waals surface area (Å²) in [6.07, 6.45) is 0. The second kappa shape index (κ2) is 8.17. The molecule has 0 saturated heterocycles. The number of hydrogen-bond donors (Lipinski definition) is 2. The van der Waals surface area contributed by atoms with Crippen LogP contribution in [0.2, 0.25) is 0 Å². The van der Waals surface area contributed by atoms with Crippen LogP contribution in [0.25, 0.3) is 0 Å². The minimum absolute atomic E-state index is 0.0555. The van der Waals surface area contributed by atoms with Crippen molar-refractivity contribution in [2.24, 2.45) is 0 Å². The minimum atomic E-state index is -0.0555. The molecule has 2 aromatic rings. The van der Waals surface area contributed by atoms with Gasteiger partial charge in [0, 0.05) is 29.6 Å². The van der Waals surface area contributed by atoms with Crippen LogP contribution in [0, 0.1) is 13.8 Å². The van der Waals surface area contributed by atoms with Crippen LogP contribution in [-0.2, 0) is 17.9 Å². The van der Waals surface area contributed by atoms with Gasteiger partial charge in [0.2, 0.25) is 0 Å². The Morgan fingerprint density at radius 2 is 2.04 bits per heavy atom. The smallest absolute Gasteiger partial charge is 0.124 e. The van der Waals surface area contributed by atoms with E-state index in [-0.39, 0.29) is 12.6 Å². The van der Waals surface area contributed by atoms with Crippen molar-refractivity contribution in [2.45, 2.75) is 40.0 Å². The van der Waals surface area contributed by atoms with Crippen molar-refractivity contribution in [3.05, 3.63) is 40.7 Å². The summed E-state index contributed by atoms with van der Waals surface area (Å²) in [6.45, 7) is 7.54. The van der Waals surface area contributed by atoms with Crippen LogP contribution >= 0.6 is 0 Å². The van der Waals surface area contributed by atoms with Crippen LogP contribution < -0.4 is 10.1 Å². The fraction of sp³-hybridized carbons (Fsp3) is 0.500. The van der Waals surface area contributed by atoms with E-state index in [0.717, 1.165) is 29.2 Å². The zero-order chi connectivity index (χ0) is 17.7. The number of methoxy groups -OCH3 is 2. The van der Waals surface area contributed by atoms with E-state index in [1.165, 1.54) is 5.56 Å². The van der Waals surface area contributed by atoms with E-state index in [1.54, 1.807) is 14.2 Å². The van der Waals surface area contributed by atoms with Crippen molar-refractivity contribution in [1.29, 1.82) is 0 Å². The normalized spacial score (nSPS) is 12.2. The molecule has 6 nitrogen and oxygen atoms in total. The van der Waals surface area contributed by atoms with Crippen molar-refractivity contribution in [3.8, 4) is 5.75 Å². The lowest BCUT2D eigenvalue weighted by Gasteiger charge is -2.18. The number of anilines is 1. The second-order valence-corrected chi connectivity index (χ2v) is 5.85. The highest BCUT2D eigenvalue weighted by Gasteiger charge is 2.17. The Balaban J connectivity index is 2.21. The molecule has 2 rings (SSSR count). The lowest BCUT2D eigenvalue weighted by Crippen LogP contribution is -2.11. The van der Waals surface area contributed by atoms with Crippen LogP contribution in [0.15, 0.2) is 18.2 Å². The molecule has 2 N–H and O–H groups in total. The molecule has 0 aliphatic heterocycles. The van der Waals surface area contributed by atoms with Crippen molar-refractivity contribution in [2.75, 3.05) is 26.1 Å². The molecule has 0 fully saturated rings. The van der Waals surface area contributed by atoms with Gasteiger partial charge in [-0.05, 0) is 39.0 Å². The van der Waals surface area contributed by atoms with Crippen molar-refractivity contribution < 1.29 is 14.6 Å². The SMILES string of the molecule is COCCn1nc(C)c(C(C)Nc2ccc(OC)c(CO)c2)c1C. The van der Waals surface area contributed by atoms with Crippen molar-refractivity contribution >= 4 is 5.69 Å². The maximum Gasteiger partial charge on any atom is 0.124 e. The fourth-order valence-corrected chi connectivity index (χ4v) is 3.05. The van der Waals surface area contributed by atoms with Gasteiger partial charge in [-0.25, -0.2) is 0 Å². The van der Waals surface area contributed by atoms with Gasteiger partial charge < -0.3 is 19.9 Å². The Morgan fingerprint density at radius 3 is 2.67 bits per heavy atom. The van der Waals surface area contributed by atoms with Crippen LogP contribution in [0.1, 0.15) is 35.5 Å². The first kappa shape index (κ1) is 18.3. The molecular formula is C18H27N3O3. The Bertz CT molecular complexity index is 682. The first-order chi connectivity index (χ1) is 11.5. The predicted molar refractivity (Wildman–Crippen MR) is 94.5 cm³/mol. The molecule has 0 spiro atoms. The first-order valence-corrected chi connectivity index (χ1v) is 8.09. The number of hydrogen-bond acceptors (Lipinski definition) is 5. The van der Waals surface area contributed by atoms with Gasteiger partial charge in [-0.1, -0.05) is 0 Å². The Labute approximate surface area is 143 Å². The standard InChI is InChI=1S/C18H27N3O3/c1-12(18-13(2)20-21(14(18)3)8-9-23-4)19-16-6-7-17(24-5)15(10-16)11-22/h6-7,10,12,19,22H,8-9,11H2,1-5H3. The Kier molecular flexibility index (Phi) is 6.23. The minimum Gasteiger partial charge on any atom is -0.496 e. The lowest BCUT2D eigenvalue weighted by atomic mass is 10.1. The van der Waals surface area contributed by atoms with Crippen LogP contribution in [-0.4, -0.2) is 35.7 Å². The molecule has 1 aromatic carbocycles. The van der Waals surface area contributed by atoms with E-state index in [2.05, 4.69) is 24.3 Å². The van der Waals surface area contributed by atoms with Crippen LogP contribution in [0.3, 0.4) is 0 Å². The first-order valence-electron chi connectivity index (χ1n) is 8.09. The third kappa shape index (κ3) is 3.88. The molecule has 1 atom stereocenters. The number of nitrogens with one attached hydrogen (secondary N) is 1. The topological polar surface area (TPSA) is 68.5 Å². The summed E-state index contributed by atoms with van der Waals surface area (Å²) in [6, 6.07) is 5.83. The summed E-state index contributed by atoms with van der Waals surface area (Å²) < 4.78 is 12.4. The average Bonchev–Trinajstić information content (AvgIpc) is 2.86. The van der Waals surface area contributed by atoms with Gasteiger partial charge in [0.1, 0.15) is 5.75 Å². The molecular weight excluding hydrogens is 306 g/mol. The number of aliphatic hydroxyl groups excluding tert-OH is 1. The highest BCUT2D eigenvalue weighted by Crippen LogP contribution is 2.28. The van der Waals surface area contributed by atoms with Gasteiger partial charge in [0.25, 0.3) is 0 Å². The number of nitrogens with zero attached hydrogens (tertiary/aromatic N) is 2. The molecule has 0 aliphatic carbocycles. The molecule has 0 saturated carbocycles. The molecule has 0 radical (unpaired) electrons. The number of aliphatic hydroxyl groups is 1. The maximum atomic E-state index is 9.47. The van der Waals surface area contributed by atoms with Gasteiger partial charge in [-0.2, -0.15) is 5.10 Å². The molecule has 132 valence electrons. The van der Waals surface area contributed by atoms with Gasteiger partial charge in [-0.15, -0.1) is 0 Å². The number of rotatable bonds is 8. The van der Waals surface area contributed by atoms with E-state index in [4.69, 9.17) is 9.47 Å². The van der Waals surface area contributed by atoms with Crippen LogP contribution in [0.4, 0.5) is 5.69 Å².